The largest absolute Gasteiger partial charge is 0.484 e. The van der Waals surface area contributed by atoms with Gasteiger partial charge in [-0.2, -0.15) is 5.10 Å². The van der Waals surface area contributed by atoms with Crippen molar-refractivity contribution in [2.75, 3.05) is 6.61 Å². The fraction of sp³-hybridized carbons (Fsp3) is 0.200. The van der Waals surface area contributed by atoms with Gasteiger partial charge in [0, 0.05) is 0 Å². The lowest BCUT2D eigenvalue weighted by Gasteiger charge is -2.07. The van der Waals surface area contributed by atoms with Crippen molar-refractivity contribution in [1.82, 2.24) is 5.43 Å². The summed E-state index contributed by atoms with van der Waals surface area (Å²) in [7, 11) is 0. The van der Waals surface area contributed by atoms with Gasteiger partial charge in [-0.3, -0.25) is 4.79 Å². The monoisotopic (exact) mass is 272 g/mol. The highest BCUT2D eigenvalue weighted by atomic mass is 16.5. The summed E-state index contributed by atoms with van der Waals surface area (Å²) in [5.74, 6) is 0.907. The van der Waals surface area contributed by atoms with Gasteiger partial charge in [-0.05, 0) is 49.2 Å². The normalized spacial score (nSPS) is 10.7. The van der Waals surface area contributed by atoms with E-state index in [9.17, 15) is 4.79 Å². The van der Waals surface area contributed by atoms with Gasteiger partial charge in [0.2, 0.25) is 0 Å². The number of amides is 1. The smallest absolute Gasteiger partial charge is 0.277 e. The van der Waals surface area contributed by atoms with E-state index in [-0.39, 0.29) is 12.5 Å². The molecule has 0 aliphatic heterocycles. The summed E-state index contributed by atoms with van der Waals surface area (Å²) in [6, 6.07) is 9.17. The van der Waals surface area contributed by atoms with Crippen LogP contribution >= 0.6 is 0 Å². The van der Waals surface area contributed by atoms with Crippen LogP contribution in [0, 0.1) is 13.8 Å². The van der Waals surface area contributed by atoms with Crippen molar-refractivity contribution in [1.29, 1.82) is 0 Å². The molecule has 5 heteroatoms. The molecular weight excluding hydrogens is 256 g/mol. The number of carbonyl (C=O) groups is 1. The van der Waals surface area contributed by atoms with Crippen molar-refractivity contribution in [3.63, 3.8) is 0 Å². The first kappa shape index (κ1) is 13.9. The average molecular weight is 272 g/mol. The van der Waals surface area contributed by atoms with Crippen LogP contribution in [0.4, 0.5) is 0 Å². The standard InChI is InChI=1S/C15H16N2O3/c1-11-5-6-13(8-12(11)2)20-10-15(18)17-16-9-14-4-3-7-19-14/h3-9H,10H2,1-2H3,(H,17,18)/b16-9-. The number of furan rings is 1. The van der Waals surface area contributed by atoms with Crippen molar-refractivity contribution in [2.24, 2.45) is 5.10 Å². The van der Waals surface area contributed by atoms with E-state index in [1.165, 1.54) is 18.0 Å². The summed E-state index contributed by atoms with van der Waals surface area (Å²) in [5, 5.41) is 3.76. The van der Waals surface area contributed by atoms with Gasteiger partial charge in [0.15, 0.2) is 6.61 Å². The summed E-state index contributed by atoms with van der Waals surface area (Å²) in [4.78, 5) is 11.5. The molecule has 0 aliphatic carbocycles. The maximum atomic E-state index is 11.5. The van der Waals surface area contributed by atoms with Crippen LogP contribution in [-0.4, -0.2) is 18.7 Å². The Kier molecular flexibility index (Phi) is 4.55. The topological polar surface area (TPSA) is 63.8 Å². The molecule has 1 aromatic carbocycles. The molecule has 0 fully saturated rings. The number of carbonyl (C=O) groups excluding carboxylic acids is 1. The maximum absolute atomic E-state index is 11.5. The number of rotatable bonds is 5. The summed E-state index contributed by atoms with van der Waals surface area (Å²) >= 11 is 0. The third kappa shape index (κ3) is 3.98. The van der Waals surface area contributed by atoms with E-state index < -0.39 is 0 Å². The number of hydrogen-bond acceptors (Lipinski definition) is 4. The lowest BCUT2D eigenvalue weighted by Crippen LogP contribution is -2.24. The fourth-order valence-corrected chi connectivity index (χ4v) is 1.52. The van der Waals surface area contributed by atoms with E-state index in [1.54, 1.807) is 12.1 Å². The van der Waals surface area contributed by atoms with Crippen LogP contribution in [0.2, 0.25) is 0 Å². The number of nitrogens with zero attached hydrogens (tertiary/aromatic N) is 1. The number of aryl methyl sites for hydroxylation is 2. The molecule has 0 saturated heterocycles. The van der Waals surface area contributed by atoms with Gasteiger partial charge < -0.3 is 9.15 Å². The first-order valence-corrected chi connectivity index (χ1v) is 6.20. The zero-order valence-corrected chi connectivity index (χ0v) is 11.4. The van der Waals surface area contributed by atoms with Crippen LogP contribution in [0.1, 0.15) is 16.9 Å². The SMILES string of the molecule is Cc1ccc(OCC(=O)N/N=C\c2ccco2)cc1C. The molecule has 1 aromatic heterocycles. The minimum atomic E-state index is -0.328. The molecule has 1 amide bonds. The molecule has 0 aliphatic rings. The molecule has 0 atom stereocenters. The molecule has 0 saturated carbocycles. The summed E-state index contributed by atoms with van der Waals surface area (Å²) in [6.07, 6.45) is 2.96. The van der Waals surface area contributed by atoms with Crippen LogP contribution in [0.5, 0.6) is 5.75 Å². The number of nitrogens with one attached hydrogen (secondary N) is 1. The summed E-state index contributed by atoms with van der Waals surface area (Å²) in [5.41, 5.74) is 4.67. The molecule has 0 radical (unpaired) electrons. The number of hydrazone groups is 1. The second-order valence-corrected chi connectivity index (χ2v) is 4.34. The quantitative estimate of drug-likeness (QED) is 0.671. The van der Waals surface area contributed by atoms with E-state index in [1.807, 2.05) is 32.0 Å². The van der Waals surface area contributed by atoms with Gasteiger partial charge in [-0.1, -0.05) is 6.07 Å². The molecule has 0 bridgehead atoms. The Bertz CT molecular complexity index is 604. The lowest BCUT2D eigenvalue weighted by molar-refractivity contribution is -0.123. The second kappa shape index (κ2) is 6.56. The molecule has 20 heavy (non-hydrogen) atoms. The Morgan fingerprint density at radius 3 is 2.90 bits per heavy atom. The first-order valence-electron chi connectivity index (χ1n) is 6.20. The van der Waals surface area contributed by atoms with Gasteiger partial charge in [-0.25, -0.2) is 5.43 Å². The van der Waals surface area contributed by atoms with Gasteiger partial charge >= 0.3 is 0 Å². The van der Waals surface area contributed by atoms with E-state index in [2.05, 4.69) is 10.5 Å². The molecule has 104 valence electrons. The average Bonchev–Trinajstić information content (AvgIpc) is 2.93. The number of benzene rings is 1. The van der Waals surface area contributed by atoms with E-state index in [4.69, 9.17) is 9.15 Å². The minimum absolute atomic E-state index is 0.0853. The predicted octanol–water partition coefficient (Wildman–Crippen LogP) is 2.43. The third-order valence-electron chi connectivity index (χ3n) is 2.77. The number of hydrogen-bond donors (Lipinski definition) is 1. The Labute approximate surface area is 117 Å². The van der Waals surface area contributed by atoms with Crippen molar-refractivity contribution in [3.8, 4) is 5.75 Å². The molecule has 0 spiro atoms. The zero-order chi connectivity index (χ0) is 14.4. The number of ether oxygens (including phenoxy) is 1. The van der Waals surface area contributed by atoms with Crippen LogP contribution in [0.25, 0.3) is 0 Å². The predicted molar refractivity (Wildman–Crippen MR) is 75.9 cm³/mol. The molecule has 2 aromatic rings. The summed E-state index contributed by atoms with van der Waals surface area (Å²) in [6.45, 7) is 3.93. The van der Waals surface area contributed by atoms with Crippen LogP contribution in [0.3, 0.4) is 0 Å². The fourth-order valence-electron chi connectivity index (χ4n) is 1.52. The highest BCUT2D eigenvalue weighted by Gasteiger charge is 2.02. The zero-order valence-electron chi connectivity index (χ0n) is 11.4. The van der Waals surface area contributed by atoms with Crippen LogP contribution in [-0.2, 0) is 4.79 Å². The van der Waals surface area contributed by atoms with Crippen molar-refractivity contribution >= 4 is 12.1 Å². The Balaban J connectivity index is 1.78. The minimum Gasteiger partial charge on any atom is -0.484 e. The van der Waals surface area contributed by atoms with Gasteiger partial charge in [0.1, 0.15) is 11.5 Å². The summed E-state index contributed by atoms with van der Waals surface area (Å²) < 4.78 is 10.4. The van der Waals surface area contributed by atoms with Crippen molar-refractivity contribution in [2.45, 2.75) is 13.8 Å². The molecule has 1 heterocycles. The Morgan fingerprint density at radius 1 is 1.35 bits per heavy atom. The highest BCUT2D eigenvalue weighted by molar-refractivity contribution is 5.81. The third-order valence-corrected chi connectivity index (χ3v) is 2.77. The first-order chi connectivity index (χ1) is 9.65. The van der Waals surface area contributed by atoms with E-state index >= 15 is 0 Å². The highest BCUT2D eigenvalue weighted by Crippen LogP contribution is 2.16. The molecular formula is C15H16N2O3. The van der Waals surface area contributed by atoms with Crippen molar-refractivity contribution in [3.05, 3.63) is 53.5 Å². The molecule has 2 rings (SSSR count). The Hall–Kier alpha value is -2.56. The second-order valence-electron chi connectivity index (χ2n) is 4.34. The van der Waals surface area contributed by atoms with Crippen molar-refractivity contribution < 1.29 is 13.9 Å². The van der Waals surface area contributed by atoms with Gasteiger partial charge in [0.05, 0.1) is 12.5 Å². The molecule has 5 nitrogen and oxygen atoms in total. The van der Waals surface area contributed by atoms with E-state index in [0.29, 0.717) is 11.5 Å². The van der Waals surface area contributed by atoms with Gasteiger partial charge in [0.25, 0.3) is 5.91 Å². The maximum Gasteiger partial charge on any atom is 0.277 e. The van der Waals surface area contributed by atoms with Crippen LogP contribution < -0.4 is 10.2 Å². The molecule has 0 unspecified atom stereocenters. The van der Waals surface area contributed by atoms with Gasteiger partial charge in [-0.15, -0.1) is 0 Å². The Morgan fingerprint density at radius 2 is 2.20 bits per heavy atom. The molecule has 1 N–H and O–H groups in total. The van der Waals surface area contributed by atoms with E-state index in [0.717, 1.165) is 5.56 Å². The lowest BCUT2D eigenvalue weighted by atomic mass is 10.1. The van der Waals surface area contributed by atoms with Crippen LogP contribution in [0.15, 0.2) is 46.1 Å².